The highest BCUT2D eigenvalue weighted by Gasteiger charge is 2.62. The maximum absolute atomic E-state index is 14.3. The van der Waals surface area contributed by atoms with Crippen molar-refractivity contribution in [3.63, 3.8) is 0 Å². The molecule has 5 aromatic rings. The molecule has 2 fully saturated rings. The van der Waals surface area contributed by atoms with Crippen LogP contribution in [0.3, 0.4) is 0 Å². The number of carbonyl (C=O) groups is 4. The molecule has 1 aromatic heterocycles. The fraction of sp³-hybridized carbons (Fsp3) is 0.283. The third kappa shape index (κ3) is 6.74. The predicted octanol–water partition coefficient (Wildman–Crippen LogP) is 3.92. The Morgan fingerprint density at radius 1 is 0.823 bits per heavy atom. The van der Waals surface area contributed by atoms with E-state index in [4.69, 9.17) is 15.2 Å². The van der Waals surface area contributed by atoms with E-state index in [1.165, 1.54) is 6.20 Å². The topological polar surface area (TPSA) is 200 Å². The zero-order valence-corrected chi connectivity index (χ0v) is 34.7. The maximum Gasteiger partial charge on any atom is 0.358 e. The Bertz CT molecular complexity index is 2630. The van der Waals surface area contributed by atoms with Gasteiger partial charge in [-0.15, -0.1) is 0 Å². The summed E-state index contributed by atoms with van der Waals surface area (Å²) in [5.41, 5.74) is 20.4. The number of hydrogen-bond acceptors (Lipinski definition) is 11. The van der Waals surface area contributed by atoms with Crippen LogP contribution in [0, 0.1) is 11.8 Å². The van der Waals surface area contributed by atoms with E-state index in [-0.39, 0.29) is 54.4 Å². The van der Waals surface area contributed by atoms with E-state index in [2.05, 4.69) is 29.9 Å². The first-order chi connectivity index (χ1) is 29.8. The number of nitrogens with one attached hydrogen (secondary N) is 1. The van der Waals surface area contributed by atoms with Crippen LogP contribution in [0.15, 0.2) is 91.1 Å². The van der Waals surface area contributed by atoms with Gasteiger partial charge in [-0.2, -0.15) is 9.77 Å². The standard InChI is InChI=1S/C46H44N10O6/c1-53(2)43(59)29-21-55(22-29)31-10-13-34-37(18-31)62-38-19-32(56-23-30(24-56)44(60)54(3)4)11-14-35(38)46(34)36-17-28(9-12-33(36)40(57)41(46)52-48)42(58)50-20-26-5-7-27(8-6-26)25-61-39-15-16-49-45(47)51-39/h5-19,29-30H,20-25H2,1-4H3,(H,50,58)(H2,47,49,51). The summed E-state index contributed by atoms with van der Waals surface area (Å²) in [5.74, 6) is 0.371. The zero-order valence-electron chi connectivity index (χ0n) is 34.7. The Morgan fingerprint density at radius 3 is 1.95 bits per heavy atom. The fourth-order valence-corrected chi connectivity index (χ4v) is 8.81. The van der Waals surface area contributed by atoms with Crippen LogP contribution in [-0.4, -0.2) is 108 Å². The molecule has 2 saturated heterocycles. The van der Waals surface area contributed by atoms with Crippen LogP contribution >= 0.6 is 0 Å². The SMILES string of the molecule is CN(C)C(=O)C1CN(c2ccc3c(c2)Oc2cc(N4CC(C(=O)N(C)C)C4)ccc2C32C(=[N+]=[N-])C(=O)c3ccc(C(=O)NCc4ccc(COc5ccnc(N)n5)cc4)cc32)C1. The molecule has 3 aliphatic heterocycles. The molecule has 16 heteroatoms. The van der Waals surface area contributed by atoms with Gasteiger partial charge in [-0.25, -0.2) is 4.98 Å². The van der Waals surface area contributed by atoms with Crippen LogP contribution in [0.4, 0.5) is 17.3 Å². The Kier molecular flexibility index (Phi) is 9.94. The van der Waals surface area contributed by atoms with Crippen molar-refractivity contribution in [3.8, 4) is 17.4 Å². The van der Waals surface area contributed by atoms with Gasteiger partial charge in [-0.05, 0) is 47.0 Å². The Hall–Kier alpha value is -7.58. The summed E-state index contributed by atoms with van der Waals surface area (Å²) in [6, 6.07) is 25.5. The normalized spacial score (nSPS) is 15.9. The van der Waals surface area contributed by atoms with Gasteiger partial charge in [-0.3, -0.25) is 19.2 Å². The van der Waals surface area contributed by atoms with Gasteiger partial charge < -0.3 is 45.7 Å². The van der Waals surface area contributed by atoms with Crippen molar-refractivity contribution in [1.82, 2.24) is 25.1 Å². The van der Waals surface area contributed by atoms with Crippen molar-refractivity contribution in [2.45, 2.75) is 18.6 Å². The molecule has 4 aromatic carbocycles. The summed E-state index contributed by atoms with van der Waals surface area (Å²) in [6.07, 6.45) is 1.52. The molecule has 3 N–H and O–H groups in total. The highest BCUT2D eigenvalue weighted by atomic mass is 16.5. The Balaban J connectivity index is 1.04. The van der Waals surface area contributed by atoms with Crippen molar-refractivity contribution < 1.29 is 33.4 Å². The van der Waals surface area contributed by atoms with Crippen LogP contribution < -0.4 is 30.3 Å². The summed E-state index contributed by atoms with van der Waals surface area (Å²) >= 11 is 0. The first-order valence-corrected chi connectivity index (χ1v) is 20.2. The van der Waals surface area contributed by atoms with Gasteiger partial charge in [0.25, 0.3) is 11.7 Å². The number of fused-ring (bicyclic) bond motifs is 6. The average molecular weight is 833 g/mol. The van der Waals surface area contributed by atoms with Gasteiger partial charge in [0, 0.05) is 119 Å². The number of anilines is 3. The van der Waals surface area contributed by atoms with Crippen LogP contribution in [0.2, 0.25) is 0 Å². The predicted molar refractivity (Wildman–Crippen MR) is 229 cm³/mol. The lowest BCUT2D eigenvalue weighted by atomic mass is 9.67. The van der Waals surface area contributed by atoms with Gasteiger partial charge in [-0.1, -0.05) is 36.4 Å². The molecule has 0 unspecified atom stereocenters. The molecule has 3 amide bonds. The minimum absolute atomic E-state index is 0.0615. The van der Waals surface area contributed by atoms with E-state index >= 15 is 0 Å². The average Bonchev–Trinajstić information content (AvgIpc) is 3.47. The molecule has 0 atom stereocenters. The lowest BCUT2D eigenvalue weighted by molar-refractivity contribution is -0.134. The molecule has 62 heavy (non-hydrogen) atoms. The Morgan fingerprint density at radius 2 is 1.40 bits per heavy atom. The number of amides is 3. The van der Waals surface area contributed by atoms with E-state index in [1.54, 1.807) is 62.3 Å². The minimum Gasteiger partial charge on any atom is -0.473 e. The summed E-state index contributed by atoms with van der Waals surface area (Å²) in [7, 11) is 6.99. The largest absolute Gasteiger partial charge is 0.473 e. The monoisotopic (exact) mass is 832 g/mol. The Labute approximate surface area is 357 Å². The third-order valence-corrected chi connectivity index (χ3v) is 12.1. The molecule has 314 valence electrons. The van der Waals surface area contributed by atoms with Gasteiger partial charge in [0.05, 0.1) is 11.8 Å². The summed E-state index contributed by atoms with van der Waals surface area (Å²) < 4.78 is 12.4. The van der Waals surface area contributed by atoms with Crippen LogP contribution in [-0.2, 0) is 28.2 Å². The molecular weight excluding hydrogens is 789 g/mol. The lowest BCUT2D eigenvalue weighted by Crippen LogP contribution is -2.53. The van der Waals surface area contributed by atoms with E-state index in [9.17, 15) is 24.7 Å². The first kappa shape index (κ1) is 39.9. The fourth-order valence-electron chi connectivity index (χ4n) is 8.81. The molecule has 16 nitrogen and oxygen atoms in total. The smallest absolute Gasteiger partial charge is 0.358 e. The molecule has 0 bridgehead atoms. The van der Waals surface area contributed by atoms with Crippen molar-refractivity contribution in [3.05, 3.63) is 136 Å². The van der Waals surface area contributed by atoms with E-state index in [0.29, 0.717) is 71.4 Å². The number of nitrogen functional groups attached to an aromatic ring is 1. The van der Waals surface area contributed by atoms with Crippen molar-refractivity contribution >= 4 is 46.5 Å². The lowest BCUT2D eigenvalue weighted by Gasteiger charge is -2.43. The summed E-state index contributed by atoms with van der Waals surface area (Å²) in [6.45, 7) is 2.63. The van der Waals surface area contributed by atoms with Gasteiger partial charge in [0.2, 0.25) is 23.6 Å². The second-order valence-corrected chi connectivity index (χ2v) is 16.5. The third-order valence-electron chi connectivity index (χ3n) is 12.1. The number of benzene rings is 4. The van der Waals surface area contributed by atoms with Crippen LogP contribution in [0.1, 0.15) is 48.5 Å². The number of rotatable bonds is 10. The van der Waals surface area contributed by atoms with Crippen LogP contribution in [0.25, 0.3) is 5.53 Å². The van der Waals surface area contributed by atoms with Crippen molar-refractivity contribution in [2.75, 3.05) is 69.9 Å². The number of nitrogens with two attached hydrogens (primary N) is 1. The number of nitrogens with zero attached hydrogens (tertiary/aromatic N) is 8. The zero-order chi connectivity index (χ0) is 43.4. The molecule has 4 heterocycles. The van der Waals surface area contributed by atoms with E-state index < -0.39 is 11.2 Å². The van der Waals surface area contributed by atoms with Crippen LogP contribution in [0.5, 0.6) is 17.4 Å². The first-order valence-electron chi connectivity index (χ1n) is 20.2. The molecule has 4 aliphatic rings. The number of hydrogen-bond donors (Lipinski definition) is 2. The second-order valence-electron chi connectivity index (χ2n) is 16.5. The number of ketones is 1. The number of ether oxygens (including phenoxy) is 2. The van der Waals surface area contributed by atoms with Gasteiger partial charge in [0.15, 0.2) is 5.41 Å². The maximum atomic E-state index is 14.3. The quantitative estimate of drug-likeness (QED) is 0.153. The highest BCUT2D eigenvalue weighted by molar-refractivity contribution is 6.52. The van der Waals surface area contributed by atoms with Crippen molar-refractivity contribution in [1.29, 1.82) is 0 Å². The van der Waals surface area contributed by atoms with Gasteiger partial charge in [0.1, 0.15) is 18.1 Å². The van der Waals surface area contributed by atoms with E-state index in [0.717, 1.165) is 22.5 Å². The number of Topliss-reactive ketones (excluding diaryl/α,β-unsaturated/α-hetero) is 1. The molecule has 0 radical (unpaired) electrons. The second kappa shape index (κ2) is 15.5. The van der Waals surface area contributed by atoms with E-state index in [1.807, 2.05) is 60.7 Å². The molecule has 1 aliphatic carbocycles. The summed E-state index contributed by atoms with van der Waals surface area (Å²) in [4.78, 5) is 72.6. The number of aromatic nitrogens is 2. The molecule has 0 saturated carbocycles. The summed E-state index contributed by atoms with van der Waals surface area (Å²) in [5, 5.41) is 3.00. The van der Waals surface area contributed by atoms with Gasteiger partial charge >= 0.3 is 5.71 Å². The van der Waals surface area contributed by atoms with Crippen molar-refractivity contribution in [2.24, 2.45) is 11.8 Å². The molecule has 9 rings (SSSR count). The highest BCUT2D eigenvalue weighted by Crippen LogP contribution is 2.57. The minimum atomic E-state index is -1.45. The molecular formula is C46H44N10O6. The molecule has 1 spiro atoms. The number of carbonyl (C=O) groups excluding carboxylic acids is 4.